The van der Waals surface area contributed by atoms with Gasteiger partial charge in [-0.25, -0.2) is 4.98 Å². The van der Waals surface area contributed by atoms with Gasteiger partial charge in [0.15, 0.2) is 5.65 Å². The molecule has 154 valence electrons. The third-order valence-electron chi connectivity index (χ3n) is 5.30. The third kappa shape index (κ3) is 3.92. The lowest BCUT2D eigenvalue weighted by molar-refractivity contribution is 0.569. The number of benzene rings is 2. The van der Waals surface area contributed by atoms with Crippen LogP contribution in [0.15, 0.2) is 54.6 Å². The highest BCUT2D eigenvalue weighted by Crippen LogP contribution is 2.33. The molecule has 0 saturated heterocycles. The van der Waals surface area contributed by atoms with Crippen molar-refractivity contribution in [1.29, 1.82) is 0 Å². The summed E-state index contributed by atoms with van der Waals surface area (Å²) in [5.74, 6) is 0.900. The van der Waals surface area contributed by atoms with E-state index >= 15 is 0 Å². The van der Waals surface area contributed by atoms with Gasteiger partial charge in [-0.15, -0.1) is 0 Å². The zero-order valence-corrected chi connectivity index (χ0v) is 18.9. The average molecular weight is 419 g/mol. The minimum Gasteiger partial charge on any atom is -0.340 e. The van der Waals surface area contributed by atoms with Gasteiger partial charge in [0.1, 0.15) is 5.82 Å². The standard InChI is InChI=1S/C25H27ClN4/c1-6-17-7-13-20(14-8-17)27-22-15-21(25(3,4)5)28-24-23(16(2)29-30(22)24)18-9-11-19(26)12-10-18/h7-15,27H,6H2,1-5H3. The van der Waals surface area contributed by atoms with Gasteiger partial charge in [-0.2, -0.15) is 9.61 Å². The molecule has 0 saturated carbocycles. The number of fused-ring (bicyclic) bond motifs is 1. The van der Waals surface area contributed by atoms with Crippen LogP contribution in [0.4, 0.5) is 11.5 Å². The molecule has 0 aliphatic heterocycles. The second-order valence-corrected chi connectivity index (χ2v) is 9.09. The van der Waals surface area contributed by atoms with Crippen molar-refractivity contribution in [3.05, 3.63) is 76.6 Å². The quantitative estimate of drug-likeness (QED) is 0.389. The second-order valence-electron chi connectivity index (χ2n) is 8.65. The van der Waals surface area contributed by atoms with E-state index in [4.69, 9.17) is 21.7 Å². The number of rotatable bonds is 4. The van der Waals surface area contributed by atoms with E-state index in [1.165, 1.54) is 5.56 Å². The van der Waals surface area contributed by atoms with Gasteiger partial charge < -0.3 is 5.32 Å². The molecule has 2 aromatic heterocycles. The van der Waals surface area contributed by atoms with Crippen LogP contribution in [-0.4, -0.2) is 14.6 Å². The molecule has 0 atom stereocenters. The minimum absolute atomic E-state index is 0.0975. The summed E-state index contributed by atoms with van der Waals surface area (Å²) in [6.45, 7) is 10.7. The van der Waals surface area contributed by atoms with Crippen LogP contribution >= 0.6 is 11.6 Å². The number of nitrogens with one attached hydrogen (secondary N) is 1. The predicted molar refractivity (Wildman–Crippen MR) is 126 cm³/mol. The fourth-order valence-corrected chi connectivity index (χ4v) is 3.65. The molecule has 0 spiro atoms. The summed E-state index contributed by atoms with van der Waals surface area (Å²) in [6.07, 6.45) is 1.02. The van der Waals surface area contributed by atoms with Crippen molar-refractivity contribution in [1.82, 2.24) is 14.6 Å². The molecule has 30 heavy (non-hydrogen) atoms. The molecule has 0 unspecified atom stereocenters. The summed E-state index contributed by atoms with van der Waals surface area (Å²) in [4.78, 5) is 5.02. The van der Waals surface area contributed by atoms with Crippen LogP contribution < -0.4 is 5.32 Å². The van der Waals surface area contributed by atoms with Crippen LogP contribution in [0.25, 0.3) is 16.8 Å². The van der Waals surface area contributed by atoms with E-state index in [2.05, 4.69) is 63.3 Å². The van der Waals surface area contributed by atoms with E-state index in [0.717, 1.165) is 46.1 Å². The Morgan fingerprint density at radius 1 is 1.00 bits per heavy atom. The molecule has 0 radical (unpaired) electrons. The maximum atomic E-state index is 6.11. The van der Waals surface area contributed by atoms with Gasteiger partial charge in [0, 0.05) is 27.8 Å². The van der Waals surface area contributed by atoms with Crippen LogP contribution in [0.5, 0.6) is 0 Å². The molecule has 4 nitrogen and oxygen atoms in total. The van der Waals surface area contributed by atoms with Crippen molar-refractivity contribution < 1.29 is 0 Å². The Kier molecular flexibility index (Phi) is 5.29. The molecule has 4 rings (SSSR count). The number of nitrogens with zero attached hydrogens (tertiary/aromatic N) is 3. The van der Waals surface area contributed by atoms with E-state index in [9.17, 15) is 0 Å². The van der Waals surface area contributed by atoms with Gasteiger partial charge in [-0.3, -0.25) is 0 Å². The van der Waals surface area contributed by atoms with Crippen molar-refractivity contribution in [2.24, 2.45) is 0 Å². The minimum atomic E-state index is -0.0975. The van der Waals surface area contributed by atoms with Crippen LogP contribution in [0.1, 0.15) is 44.6 Å². The molecule has 1 N–H and O–H groups in total. The molecular weight excluding hydrogens is 392 g/mol. The van der Waals surface area contributed by atoms with Crippen molar-refractivity contribution in [2.45, 2.75) is 46.5 Å². The summed E-state index contributed by atoms with van der Waals surface area (Å²) < 4.78 is 1.91. The van der Waals surface area contributed by atoms with Crippen LogP contribution in [0.3, 0.4) is 0 Å². The SMILES string of the molecule is CCc1ccc(Nc2cc(C(C)(C)C)nc3c(-c4ccc(Cl)cc4)c(C)nn23)cc1. The third-order valence-corrected chi connectivity index (χ3v) is 5.55. The molecule has 0 aliphatic rings. The van der Waals surface area contributed by atoms with Crippen molar-refractivity contribution in [3.8, 4) is 11.1 Å². The Morgan fingerprint density at radius 2 is 1.67 bits per heavy atom. The van der Waals surface area contributed by atoms with Gasteiger partial charge in [-0.1, -0.05) is 63.6 Å². The smallest absolute Gasteiger partial charge is 0.165 e. The van der Waals surface area contributed by atoms with Crippen molar-refractivity contribution in [3.63, 3.8) is 0 Å². The average Bonchev–Trinajstić information content (AvgIpc) is 3.05. The summed E-state index contributed by atoms with van der Waals surface area (Å²) in [7, 11) is 0. The number of hydrogen-bond acceptors (Lipinski definition) is 3. The van der Waals surface area contributed by atoms with E-state index in [1.807, 2.05) is 35.7 Å². The maximum Gasteiger partial charge on any atom is 0.165 e. The molecule has 0 aliphatic carbocycles. The van der Waals surface area contributed by atoms with Crippen LogP contribution in [0.2, 0.25) is 5.02 Å². The second kappa shape index (κ2) is 7.77. The predicted octanol–water partition coefficient (Wildman–Crippen LogP) is 6.96. The Balaban J connectivity index is 1.90. The Labute approximate surface area is 182 Å². The van der Waals surface area contributed by atoms with E-state index in [0.29, 0.717) is 5.02 Å². The first-order chi connectivity index (χ1) is 14.3. The van der Waals surface area contributed by atoms with Gasteiger partial charge in [0.05, 0.1) is 11.4 Å². The Morgan fingerprint density at radius 3 is 2.27 bits per heavy atom. The van der Waals surface area contributed by atoms with E-state index in [1.54, 1.807) is 0 Å². The number of hydrogen-bond donors (Lipinski definition) is 1. The summed E-state index contributed by atoms with van der Waals surface area (Å²) in [6, 6.07) is 18.5. The lowest BCUT2D eigenvalue weighted by Gasteiger charge is -2.20. The van der Waals surface area contributed by atoms with E-state index in [-0.39, 0.29) is 5.41 Å². The molecular formula is C25H27ClN4. The lowest BCUT2D eigenvalue weighted by atomic mass is 9.92. The highest BCUT2D eigenvalue weighted by Gasteiger charge is 2.22. The first kappa shape index (κ1) is 20.4. The Bertz CT molecular complexity index is 1180. The highest BCUT2D eigenvalue weighted by molar-refractivity contribution is 6.30. The van der Waals surface area contributed by atoms with Gasteiger partial charge in [0.25, 0.3) is 0 Å². The largest absolute Gasteiger partial charge is 0.340 e. The molecule has 0 fully saturated rings. The van der Waals surface area contributed by atoms with Crippen LogP contribution in [0, 0.1) is 6.92 Å². The summed E-state index contributed by atoms with van der Waals surface area (Å²) >= 11 is 6.11. The van der Waals surface area contributed by atoms with Gasteiger partial charge in [0.2, 0.25) is 0 Å². The van der Waals surface area contributed by atoms with Crippen LogP contribution in [-0.2, 0) is 11.8 Å². The van der Waals surface area contributed by atoms with Gasteiger partial charge >= 0.3 is 0 Å². The number of halogens is 1. The normalized spacial score (nSPS) is 11.8. The fourth-order valence-electron chi connectivity index (χ4n) is 3.52. The maximum absolute atomic E-state index is 6.11. The topological polar surface area (TPSA) is 42.2 Å². The zero-order valence-electron chi connectivity index (χ0n) is 18.1. The first-order valence-electron chi connectivity index (χ1n) is 10.3. The molecule has 5 heteroatoms. The molecule has 2 heterocycles. The molecule has 0 amide bonds. The first-order valence-corrected chi connectivity index (χ1v) is 10.7. The lowest BCUT2D eigenvalue weighted by Crippen LogP contribution is -2.16. The monoisotopic (exact) mass is 418 g/mol. The Hall–Kier alpha value is -2.85. The number of aryl methyl sites for hydroxylation is 2. The number of anilines is 2. The summed E-state index contributed by atoms with van der Waals surface area (Å²) in [5.41, 5.74) is 7.12. The van der Waals surface area contributed by atoms with E-state index < -0.39 is 0 Å². The molecule has 2 aromatic carbocycles. The molecule has 0 bridgehead atoms. The molecule has 4 aromatic rings. The van der Waals surface area contributed by atoms with Gasteiger partial charge in [-0.05, 0) is 48.7 Å². The zero-order chi connectivity index (χ0) is 21.5. The van der Waals surface area contributed by atoms with Crippen molar-refractivity contribution in [2.75, 3.05) is 5.32 Å². The van der Waals surface area contributed by atoms with Crippen molar-refractivity contribution >= 4 is 28.8 Å². The fraction of sp³-hybridized carbons (Fsp3) is 0.280. The summed E-state index contributed by atoms with van der Waals surface area (Å²) in [5, 5.41) is 9.09. The number of aromatic nitrogens is 3. The highest BCUT2D eigenvalue weighted by atomic mass is 35.5.